The summed E-state index contributed by atoms with van der Waals surface area (Å²) in [6.07, 6.45) is 6.41. The summed E-state index contributed by atoms with van der Waals surface area (Å²) in [5, 5.41) is 0. The first kappa shape index (κ1) is 22.9. The number of fused-ring (bicyclic) bond motifs is 3. The molecule has 3 aliphatic carbocycles. The molecule has 1 N–H and O–H groups in total. The van der Waals surface area contributed by atoms with Crippen molar-refractivity contribution in [3.05, 3.63) is 72.1 Å². The van der Waals surface area contributed by atoms with Crippen molar-refractivity contribution in [2.75, 3.05) is 13.6 Å². The number of hydrogen-bond donors (Lipinski definition) is 1. The summed E-state index contributed by atoms with van der Waals surface area (Å²) in [5.41, 5.74) is 4.38. The molecule has 1 aromatic heterocycles. The molecule has 0 amide bonds. The lowest BCUT2D eigenvalue weighted by Crippen LogP contribution is -2.51. The van der Waals surface area contributed by atoms with Crippen LogP contribution in [-0.2, 0) is 16.1 Å². The summed E-state index contributed by atoms with van der Waals surface area (Å²) in [7, 11) is 2.12. The van der Waals surface area contributed by atoms with Crippen LogP contribution in [0.4, 0.5) is 0 Å². The zero-order chi connectivity index (χ0) is 23.7. The minimum atomic E-state index is -0.426. The molecule has 3 aromatic rings. The van der Waals surface area contributed by atoms with Crippen molar-refractivity contribution < 1.29 is 9.53 Å². The lowest BCUT2D eigenvalue weighted by Gasteiger charge is -2.50. The third kappa shape index (κ3) is 4.54. The van der Waals surface area contributed by atoms with Gasteiger partial charge in [-0.25, -0.2) is 4.98 Å². The van der Waals surface area contributed by atoms with Gasteiger partial charge >= 0.3 is 5.97 Å². The molecule has 0 aliphatic heterocycles. The van der Waals surface area contributed by atoms with E-state index in [1.165, 1.54) is 17.6 Å². The van der Waals surface area contributed by atoms with E-state index in [9.17, 15) is 4.79 Å². The minimum Gasteiger partial charge on any atom is -0.458 e. The van der Waals surface area contributed by atoms with Gasteiger partial charge in [-0.15, -0.1) is 0 Å². The number of nitrogens with zero attached hydrogens (tertiary/aromatic N) is 2. The van der Waals surface area contributed by atoms with E-state index in [2.05, 4.69) is 59.4 Å². The Labute approximate surface area is 202 Å². The highest BCUT2D eigenvalue weighted by Crippen LogP contribution is 2.53. The third-order valence-corrected chi connectivity index (χ3v) is 7.57. The highest BCUT2D eigenvalue weighted by molar-refractivity contribution is 5.75. The summed E-state index contributed by atoms with van der Waals surface area (Å²) < 4.78 is 6.37. The fourth-order valence-electron chi connectivity index (χ4n) is 5.70. The second-order valence-corrected chi connectivity index (χ2v) is 10.4. The molecule has 178 valence electrons. The highest BCUT2D eigenvalue weighted by Gasteiger charge is 2.50. The van der Waals surface area contributed by atoms with Crippen LogP contribution < -0.4 is 0 Å². The maximum Gasteiger partial charge on any atom is 0.308 e. The molecule has 0 spiro atoms. The van der Waals surface area contributed by atoms with Crippen molar-refractivity contribution >= 4 is 22.6 Å². The second-order valence-electron chi connectivity index (χ2n) is 10.4. The summed E-state index contributed by atoms with van der Waals surface area (Å²) in [6.45, 7) is 5.44. The van der Waals surface area contributed by atoms with Crippen molar-refractivity contribution in [3.63, 3.8) is 0 Å². The van der Waals surface area contributed by atoms with Gasteiger partial charge in [0.25, 0.3) is 0 Å². The molecule has 1 heterocycles. The fraction of sp³-hybridized carbons (Fsp3) is 0.448. The Hall–Kier alpha value is -2.92. The van der Waals surface area contributed by atoms with E-state index >= 15 is 0 Å². The van der Waals surface area contributed by atoms with Crippen LogP contribution in [0.5, 0.6) is 0 Å². The molecule has 0 radical (unpaired) electrons. The number of carbonyl (C=O) groups excluding carboxylic acids is 1. The van der Waals surface area contributed by atoms with Gasteiger partial charge in [-0.3, -0.25) is 9.69 Å². The SMILES string of the molecule is CC(C)C(=O)O[C@@]1(CCN(C)Cc2nc3ccccc3[nH]2)C[C@H]2CC[C@@H]1C=C2c1ccccc1. The number of imidazole rings is 1. The van der Waals surface area contributed by atoms with Crippen molar-refractivity contribution in [2.24, 2.45) is 17.8 Å². The number of aromatic nitrogens is 2. The van der Waals surface area contributed by atoms with Crippen LogP contribution in [0.1, 0.15) is 50.9 Å². The average molecular weight is 458 g/mol. The Kier molecular flexibility index (Phi) is 6.30. The lowest BCUT2D eigenvalue weighted by molar-refractivity contribution is -0.176. The van der Waals surface area contributed by atoms with Gasteiger partial charge < -0.3 is 9.72 Å². The molecule has 3 aliphatic rings. The Morgan fingerprint density at radius 3 is 2.62 bits per heavy atom. The van der Waals surface area contributed by atoms with Gasteiger partial charge in [-0.2, -0.15) is 0 Å². The monoisotopic (exact) mass is 457 g/mol. The van der Waals surface area contributed by atoms with E-state index < -0.39 is 5.60 Å². The number of rotatable bonds is 8. The van der Waals surface area contributed by atoms with Crippen LogP contribution in [0.3, 0.4) is 0 Å². The lowest BCUT2D eigenvalue weighted by atomic mass is 9.60. The molecule has 3 atom stereocenters. The first-order chi connectivity index (χ1) is 16.4. The Bertz CT molecular complexity index is 1150. The third-order valence-electron chi connectivity index (χ3n) is 7.57. The number of nitrogens with one attached hydrogen (secondary N) is 1. The first-order valence-electron chi connectivity index (χ1n) is 12.6. The molecule has 1 saturated carbocycles. The molecule has 0 unspecified atom stereocenters. The van der Waals surface area contributed by atoms with Crippen LogP contribution in [0.2, 0.25) is 0 Å². The molecule has 1 fully saturated rings. The van der Waals surface area contributed by atoms with Gasteiger partial charge in [0.15, 0.2) is 0 Å². The Morgan fingerprint density at radius 1 is 1.15 bits per heavy atom. The average Bonchev–Trinajstić information content (AvgIpc) is 3.26. The van der Waals surface area contributed by atoms with E-state index in [0.29, 0.717) is 5.92 Å². The van der Waals surface area contributed by atoms with Gasteiger partial charge in [0.1, 0.15) is 11.4 Å². The number of carbonyl (C=O) groups is 1. The van der Waals surface area contributed by atoms with Crippen LogP contribution in [0.15, 0.2) is 60.7 Å². The number of benzene rings is 2. The zero-order valence-electron chi connectivity index (χ0n) is 20.5. The number of esters is 1. The van der Waals surface area contributed by atoms with Crippen LogP contribution >= 0.6 is 0 Å². The molecule has 2 aromatic carbocycles. The van der Waals surface area contributed by atoms with Crippen LogP contribution in [0.25, 0.3) is 16.6 Å². The first-order valence-corrected chi connectivity index (χ1v) is 12.6. The number of hydrogen-bond acceptors (Lipinski definition) is 4. The van der Waals surface area contributed by atoms with E-state index in [1.807, 2.05) is 32.0 Å². The number of aromatic amines is 1. The van der Waals surface area contributed by atoms with Gasteiger partial charge in [0.05, 0.1) is 23.5 Å². The topological polar surface area (TPSA) is 58.2 Å². The van der Waals surface area contributed by atoms with Crippen LogP contribution in [0, 0.1) is 17.8 Å². The predicted octanol–water partition coefficient (Wildman–Crippen LogP) is 5.84. The number of para-hydroxylation sites is 2. The molecule has 2 bridgehead atoms. The van der Waals surface area contributed by atoms with E-state index in [4.69, 9.17) is 9.72 Å². The Morgan fingerprint density at radius 2 is 1.91 bits per heavy atom. The largest absolute Gasteiger partial charge is 0.458 e. The molecule has 5 nitrogen and oxygen atoms in total. The number of ether oxygens (including phenoxy) is 1. The van der Waals surface area contributed by atoms with Gasteiger partial charge in [0.2, 0.25) is 0 Å². The van der Waals surface area contributed by atoms with Crippen LogP contribution in [-0.4, -0.2) is 40.0 Å². The molecular weight excluding hydrogens is 422 g/mol. The van der Waals surface area contributed by atoms with Crippen molar-refractivity contribution in [1.29, 1.82) is 0 Å². The smallest absolute Gasteiger partial charge is 0.308 e. The van der Waals surface area contributed by atoms with Crippen molar-refractivity contribution in [3.8, 4) is 0 Å². The summed E-state index contributed by atoms with van der Waals surface area (Å²) in [4.78, 5) is 23.2. The van der Waals surface area contributed by atoms with E-state index in [1.54, 1.807) is 0 Å². The minimum absolute atomic E-state index is 0.0813. The van der Waals surface area contributed by atoms with Crippen molar-refractivity contribution in [2.45, 2.75) is 51.7 Å². The molecule has 5 heteroatoms. The maximum atomic E-state index is 12.8. The Balaban J connectivity index is 1.34. The summed E-state index contributed by atoms with van der Waals surface area (Å²) in [5.74, 6) is 1.46. The second kappa shape index (κ2) is 9.38. The van der Waals surface area contributed by atoms with Gasteiger partial charge in [0, 0.05) is 18.9 Å². The quantitative estimate of drug-likeness (QED) is 0.432. The normalized spacial score (nSPS) is 24.1. The van der Waals surface area contributed by atoms with E-state index in [-0.39, 0.29) is 17.8 Å². The molecular formula is C29H35N3O2. The fourth-order valence-corrected chi connectivity index (χ4v) is 5.70. The van der Waals surface area contributed by atoms with E-state index in [0.717, 1.165) is 49.2 Å². The van der Waals surface area contributed by atoms with Crippen molar-refractivity contribution in [1.82, 2.24) is 14.9 Å². The number of allylic oxidation sites excluding steroid dienone is 1. The number of H-pyrrole nitrogens is 1. The maximum absolute atomic E-state index is 12.8. The molecule has 0 saturated heterocycles. The molecule has 34 heavy (non-hydrogen) atoms. The predicted molar refractivity (Wildman–Crippen MR) is 136 cm³/mol. The zero-order valence-corrected chi connectivity index (χ0v) is 20.5. The summed E-state index contributed by atoms with van der Waals surface area (Å²) >= 11 is 0. The molecule has 6 rings (SSSR count). The standard InChI is InChI=1S/C29H35N3O2/c1-20(2)28(33)34-29(15-16-32(3)19-27-30-25-11-7-8-12-26(25)31-27)18-22-13-14-23(29)17-24(22)21-9-5-4-6-10-21/h4-12,17,20,22-23H,13-16,18-19H2,1-3H3,(H,30,31)/t22-,23-,29+/m1/s1. The van der Waals surface area contributed by atoms with Gasteiger partial charge in [-0.1, -0.05) is 62.4 Å². The van der Waals surface area contributed by atoms with Gasteiger partial charge in [-0.05, 0) is 55.5 Å². The highest BCUT2D eigenvalue weighted by atomic mass is 16.6. The summed E-state index contributed by atoms with van der Waals surface area (Å²) in [6, 6.07) is 18.8.